The maximum absolute atomic E-state index is 5.71. The van der Waals surface area contributed by atoms with E-state index in [4.69, 9.17) is 9.47 Å². The van der Waals surface area contributed by atoms with Gasteiger partial charge in [-0.1, -0.05) is 0 Å². The molecule has 1 aromatic carbocycles. The highest BCUT2D eigenvalue weighted by molar-refractivity contribution is 5.47. The van der Waals surface area contributed by atoms with Gasteiger partial charge in [0.2, 0.25) is 0 Å². The predicted molar refractivity (Wildman–Crippen MR) is 87.2 cm³/mol. The molecule has 0 amide bonds. The lowest BCUT2D eigenvalue weighted by Crippen LogP contribution is -2.30. The Kier molecular flexibility index (Phi) is 6.33. The number of methoxy groups -OCH3 is 1. The van der Waals surface area contributed by atoms with Crippen molar-refractivity contribution in [3.05, 3.63) is 24.3 Å². The smallest absolute Gasteiger partial charge is 0.119 e. The molecular formula is C17H28N2O2. The zero-order valence-electron chi connectivity index (χ0n) is 13.5. The Bertz CT molecular complexity index is 406. The van der Waals surface area contributed by atoms with Crippen LogP contribution in [0.3, 0.4) is 0 Å². The van der Waals surface area contributed by atoms with E-state index in [0.29, 0.717) is 12.1 Å². The van der Waals surface area contributed by atoms with Crippen molar-refractivity contribution in [2.45, 2.75) is 37.8 Å². The average Bonchev–Trinajstić information content (AvgIpc) is 2.49. The molecule has 2 atom stereocenters. The van der Waals surface area contributed by atoms with E-state index in [0.717, 1.165) is 31.0 Å². The molecule has 0 heterocycles. The molecule has 0 saturated heterocycles. The van der Waals surface area contributed by atoms with Gasteiger partial charge in [0.25, 0.3) is 0 Å². The summed E-state index contributed by atoms with van der Waals surface area (Å²) in [5.41, 5.74) is 1.16. The zero-order chi connectivity index (χ0) is 15.1. The fraction of sp³-hybridized carbons (Fsp3) is 0.647. The van der Waals surface area contributed by atoms with E-state index >= 15 is 0 Å². The molecular weight excluding hydrogens is 264 g/mol. The fourth-order valence-electron chi connectivity index (χ4n) is 2.72. The Hall–Kier alpha value is -1.26. The third kappa shape index (κ3) is 5.56. The summed E-state index contributed by atoms with van der Waals surface area (Å²) < 4.78 is 11.2. The van der Waals surface area contributed by atoms with Crippen molar-refractivity contribution in [2.75, 3.05) is 39.7 Å². The van der Waals surface area contributed by atoms with Gasteiger partial charge in [-0.3, -0.25) is 0 Å². The molecule has 2 rings (SSSR count). The molecule has 0 radical (unpaired) electrons. The molecule has 2 unspecified atom stereocenters. The van der Waals surface area contributed by atoms with E-state index in [1.165, 1.54) is 19.3 Å². The molecule has 21 heavy (non-hydrogen) atoms. The molecule has 1 saturated carbocycles. The number of likely N-dealkylation sites (N-methyl/N-ethyl adjacent to an activating group) is 1. The fourth-order valence-corrected chi connectivity index (χ4v) is 2.72. The van der Waals surface area contributed by atoms with Crippen LogP contribution in [-0.2, 0) is 4.74 Å². The monoisotopic (exact) mass is 292 g/mol. The van der Waals surface area contributed by atoms with Gasteiger partial charge in [-0.2, -0.15) is 0 Å². The molecule has 0 bridgehead atoms. The van der Waals surface area contributed by atoms with Crippen LogP contribution in [-0.4, -0.2) is 51.4 Å². The zero-order valence-corrected chi connectivity index (χ0v) is 13.5. The Balaban J connectivity index is 1.79. The Labute approximate surface area is 128 Å². The Morgan fingerprint density at radius 3 is 2.62 bits per heavy atom. The van der Waals surface area contributed by atoms with Crippen molar-refractivity contribution in [1.29, 1.82) is 0 Å². The van der Waals surface area contributed by atoms with Gasteiger partial charge in [-0.05, 0) is 64.0 Å². The Morgan fingerprint density at radius 2 is 1.95 bits per heavy atom. The van der Waals surface area contributed by atoms with E-state index in [-0.39, 0.29) is 0 Å². The number of benzene rings is 1. The summed E-state index contributed by atoms with van der Waals surface area (Å²) in [5, 5.41) is 3.60. The molecule has 4 heteroatoms. The van der Waals surface area contributed by atoms with Crippen molar-refractivity contribution in [3.8, 4) is 5.75 Å². The van der Waals surface area contributed by atoms with Gasteiger partial charge >= 0.3 is 0 Å². The van der Waals surface area contributed by atoms with Crippen molar-refractivity contribution in [1.82, 2.24) is 4.90 Å². The van der Waals surface area contributed by atoms with E-state index < -0.39 is 0 Å². The summed E-state index contributed by atoms with van der Waals surface area (Å²) >= 11 is 0. The SMILES string of the molecule is COC1CCCC(Nc2ccc(OCCN(C)C)cc2)C1. The second kappa shape index (κ2) is 8.25. The summed E-state index contributed by atoms with van der Waals surface area (Å²) in [7, 11) is 5.91. The maximum Gasteiger partial charge on any atom is 0.119 e. The normalized spacial score (nSPS) is 22.3. The average molecular weight is 292 g/mol. The lowest BCUT2D eigenvalue weighted by molar-refractivity contribution is 0.0669. The van der Waals surface area contributed by atoms with Gasteiger partial charge in [-0.25, -0.2) is 0 Å². The van der Waals surface area contributed by atoms with E-state index in [1.807, 2.05) is 33.3 Å². The van der Waals surface area contributed by atoms with Crippen LogP contribution in [0.2, 0.25) is 0 Å². The largest absolute Gasteiger partial charge is 0.492 e. The van der Waals surface area contributed by atoms with Crippen LogP contribution in [0.15, 0.2) is 24.3 Å². The van der Waals surface area contributed by atoms with Crippen molar-refractivity contribution in [3.63, 3.8) is 0 Å². The van der Waals surface area contributed by atoms with E-state index in [2.05, 4.69) is 22.3 Å². The van der Waals surface area contributed by atoms with Crippen molar-refractivity contribution in [2.24, 2.45) is 0 Å². The molecule has 0 spiro atoms. The molecule has 1 fully saturated rings. The third-order valence-corrected chi connectivity index (χ3v) is 3.99. The standard InChI is InChI=1S/C17H28N2O2/c1-19(2)11-12-21-16-9-7-14(8-10-16)18-15-5-4-6-17(13-15)20-3/h7-10,15,17-18H,4-6,11-13H2,1-3H3. The van der Waals surface area contributed by atoms with Crippen LogP contribution < -0.4 is 10.1 Å². The number of nitrogens with zero attached hydrogens (tertiary/aromatic N) is 1. The number of ether oxygens (including phenoxy) is 2. The van der Waals surface area contributed by atoms with Gasteiger partial charge < -0.3 is 19.7 Å². The minimum Gasteiger partial charge on any atom is -0.492 e. The third-order valence-electron chi connectivity index (χ3n) is 3.99. The highest BCUT2D eigenvalue weighted by atomic mass is 16.5. The highest BCUT2D eigenvalue weighted by Gasteiger charge is 2.21. The molecule has 1 aliphatic carbocycles. The lowest BCUT2D eigenvalue weighted by atomic mass is 9.92. The van der Waals surface area contributed by atoms with Crippen LogP contribution in [0.25, 0.3) is 0 Å². The minimum atomic E-state index is 0.407. The molecule has 0 aliphatic heterocycles. The van der Waals surface area contributed by atoms with Gasteiger partial charge in [0.05, 0.1) is 6.10 Å². The van der Waals surface area contributed by atoms with Crippen molar-refractivity contribution >= 4 is 5.69 Å². The van der Waals surface area contributed by atoms with E-state index in [1.54, 1.807) is 0 Å². The number of rotatable bonds is 7. The number of hydrogen-bond acceptors (Lipinski definition) is 4. The van der Waals surface area contributed by atoms with Gasteiger partial charge in [0.15, 0.2) is 0 Å². The molecule has 118 valence electrons. The number of anilines is 1. The van der Waals surface area contributed by atoms with Crippen LogP contribution in [0, 0.1) is 0 Å². The molecule has 4 nitrogen and oxygen atoms in total. The first-order chi connectivity index (χ1) is 10.2. The van der Waals surface area contributed by atoms with Crippen LogP contribution in [0.5, 0.6) is 5.75 Å². The summed E-state index contributed by atoms with van der Waals surface area (Å²) in [6.07, 6.45) is 5.15. The van der Waals surface area contributed by atoms with Crippen LogP contribution >= 0.6 is 0 Å². The first-order valence-corrected chi connectivity index (χ1v) is 7.84. The topological polar surface area (TPSA) is 33.7 Å². The van der Waals surface area contributed by atoms with Crippen LogP contribution in [0.1, 0.15) is 25.7 Å². The predicted octanol–water partition coefficient (Wildman–Crippen LogP) is 3.00. The summed E-state index contributed by atoms with van der Waals surface area (Å²) in [4.78, 5) is 2.12. The van der Waals surface area contributed by atoms with Gasteiger partial charge in [-0.15, -0.1) is 0 Å². The maximum atomic E-state index is 5.71. The molecule has 0 aromatic heterocycles. The summed E-state index contributed by atoms with van der Waals surface area (Å²) in [5.74, 6) is 0.931. The van der Waals surface area contributed by atoms with Gasteiger partial charge in [0, 0.05) is 25.4 Å². The molecule has 1 aliphatic rings. The van der Waals surface area contributed by atoms with Crippen LogP contribution in [0.4, 0.5) is 5.69 Å². The van der Waals surface area contributed by atoms with Gasteiger partial charge in [0.1, 0.15) is 12.4 Å². The van der Waals surface area contributed by atoms with E-state index in [9.17, 15) is 0 Å². The second-order valence-corrected chi connectivity index (χ2v) is 6.04. The summed E-state index contributed by atoms with van der Waals surface area (Å²) in [6.45, 7) is 1.65. The Morgan fingerprint density at radius 1 is 1.19 bits per heavy atom. The first-order valence-electron chi connectivity index (χ1n) is 7.84. The number of nitrogens with one attached hydrogen (secondary N) is 1. The highest BCUT2D eigenvalue weighted by Crippen LogP contribution is 2.24. The summed E-state index contributed by atoms with van der Waals surface area (Å²) in [6, 6.07) is 8.79. The minimum absolute atomic E-state index is 0.407. The first kappa shape index (κ1) is 16.1. The molecule has 1 aromatic rings. The lowest BCUT2D eigenvalue weighted by Gasteiger charge is -2.29. The second-order valence-electron chi connectivity index (χ2n) is 6.04. The number of hydrogen-bond donors (Lipinski definition) is 1. The molecule has 1 N–H and O–H groups in total. The quantitative estimate of drug-likeness (QED) is 0.837. The van der Waals surface area contributed by atoms with Crippen molar-refractivity contribution < 1.29 is 9.47 Å².